The number of carbonyl (C=O) groups excluding carboxylic acids is 2. The highest BCUT2D eigenvalue weighted by Crippen LogP contribution is 2.26. The van der Waals surface area contributed by atoms with Crippen molar-refractivity contribution in [2.75, 3.05) is 13.2 Å². The van der Waals surface area contributed by atoms with Crippen LogP contribution in [0.1, 0.15) is 168 Å². The number of esters is 1. The molecular weight excluding hydrogens is 895 g/mol. The lowest BCUT2D eigenvalue weighted by Gasteiger charge is -2.41. The number of unbranched alkanes of at least 4 members (excludes halogenated alkanes) is 12. The summed E-state index contributed by atoms with van der Waals surface area (Å²) >= 11 is 0. The lowest BCUT2D eigenvalue weighted by Crippen LogP contribution is -2.61. The monoisotopic (exact) mass is 990 g/mol. The fourth-order valence-corrected chi connectivity index (χ4v) is 7.41. The second kappa shape index (κ2) is 46.8. The lowest BCUT2D eigenvalue weighted by atomic mass is 9.99. The molecule has 1 amide bonds. The molecule has 0 aromatic rings. The van der Waals surface area contributed by atoms with E-state index in [4.69, 9.17) is 14.2 Å². The zero-order valence-electron chi connectivity index (χ0n) is 43.8. The maximum absolute atomic E-state index is 13.3. The van der Waals surface area contributed by atoms with Gasteiger partial charge < -0.3 is 45.1 Å². The van der Waals surface area contributed by atoms with Crippen molar-refractivity contribution in [3.8, 4) is 0 Å². The van der Waals surface area contributed by atoms with Gasteiger partial charge in [-0.1, -0.05) is 212 Å². The van der Waals surface area contributed by atoms with Gasteiger partial charge in [-0.25, -0.2) is 0 Å². The van der Waals surface area contributed by atoms with Crippen molar-refractivity contribution in [1.29, 1.82) is 0 Å². The van der Waals surface area contributed by atoms with Gasteiger partial charge in [0, 0.05) is 6.42 Å². The molecule has 0 aromatic heterocycles. The van der Waals surface area contributed by atoms with Crippen molar-refractivity contribution < 1.29 is 49.3 Å². The summed E-state index contributed by atoms with van der Waals surface area (Å²) in [6, 6.07) is -1.07. The second-order valence-electron chi connectivity index (χ2n) is 18.0. The smallest absolute Gasteiger partial charge is 0.306 e. The Labute approximate surface area is 429 Å². The molecule has 1 heterocycles. The molecule has 1 aliphatic rings. The highest BCUT2D eigenvalue weighted by atomic mass is 16.7. The van der Waals surface area contributed by atoms with Gasteiger partial charge in [-0.05, 0) is 83.5 Å². The van der Waals surface area contributed by atoms with Crippen LogP contribution in [0.4, 0.5) is 0 Å². The van der Waals surface area contributed by atoms with E-state index in [1.54, 1.807) is 6.08 Å². The molecule has 6 N–H and O–H groups in total. The zero-order chi connectivity index (χ0) is 51.8. The van der Waals surface area contributed by atoms with E-state index in [0.29, 0.717) is 19.3 Å². The Kier molecular flexibility index (Phi) is 42.8. The molecule has 0 bridgehead atoms. The molecule has 8 unspecified atom stereocenters. The number of carbonyl (C=O) groups is 2. The summed E-state index contributed by atoms with van der Waals surface area (Å²) < 4.78 is 17.4. The van der Waals surface area contributed by atoms with Crippen molar-refractivity contribution in [2.45, 2.75) is 217 Å². The Bertz CT molecular complexity index is 1650. The van der Waals surface area contributed by atoms with E-state index < -0.39 is 67.4 Å². The number of hydrogen-bond donors (Lipinski definition) is 6. The fourth-order valence-electron chi connectivity index (χ4n) is 7.41. The van der Waals surface area contributed by atoms with Crippen molar-refractivity contribution in [3.63, 3.8) is 0 Å². The normalized spacial score (nSPS) is 20.7. The average molecular weight is 990 g/mol. The Balaban J connectivity index is 2.83. The van der Waals surface area contributed by atoms with Crippen LogP contribution in [0.5, 0.6) is 0 Å². The van der Waals surface area contributed by atoms with Crippen LogP contribution in [0.15, 0.2) is 134 Å². The Hall–Kier alpha value is -4.20. The van der Waals surface area contributed by atoms with Gasteiger partial charge in [0.05, 0.1) is 25.4 Å². The van der Waals surface area contributed by atoms with Crippen molar-refractivity contribution >= 4 is 11.9 Å². The Morgan fingerprint density at radius 2 is 1.08 bits per heavy atom. The van der Waals surface area contributed by atoms with Gasteiger partial charge in [-0.15, -0.1) is 0 Å². The van der Waals surface area contributed by atoms with Crippen LogP contribution in [-0.2, 0) is 23.8 Å². The Morgan fingerprint density at radius 1 is 0.577 bits per heavy atom. The molecule has 0 radical (unpaired) electrons. The predicted molar refractivity (Wildman–Crippen MR) is 291 cm³/mol. The maximum Gasteiger partial charge on any atom is 0.306 e. The number of allylic oxidation sites excluding steroid dienone is 21. The largest absolute Gasteiger partial charge is 0.454 e. The van der Waals surface area contributed by atoms with Crippen molar-refractivity contribution in [3.05, 3.63) is 134 Å². The van der Waals surface area contributed by atoms with Gasteiger partial charge in [0.2, 0.25) is 5.91 Å². The Morgan fingerprint density at radius 3 is 1.68 bits per heavy atom. The van der Waals surface area contributed by atoms with Crippen LogP contribution in [0.2, 0.25) is 0 Å². The first-order valence-corrected chi connectivity index (χ1v) is 27.0. The molecule has 1 saturated heterocycles. The summed E-state index contributed by atoms with van der Waals surface area (Å²) in [5, 5.41) is 56.6. The number of hydrogen-bond acceptors (Lipinski definition) is 10. The van der Waals surface area contributed by atoms with Crippen molar-refractivity contribution in [1.82, 2.24) is 5.32 Å². The third kappa shape index (κ3) is 35.5. The third-order valence-electron chi connectivity index (χ3n) is 11.7. The SMILES string of the molecule is CC/C=C\C/C=C\C/C=C\C/C=C\C/C=C\CCCC(=O)OC1C(OCC(NC(=O)C(O)CCCC/C=C/C=C\C=C/C=C/C=C/CC)C(O)/C=C/CCCCCCCCCCC)OC(CO)C(O)C1O. The van der Waals surface area contributed by atoms with E-state index in [1.807, 2.05) is 72.9 Å². The number of nitrogens with one attached hydrogen (secondary N) is 1. The van der Waals surface area contributed by atoms with Crippen LogP contribution in [0.25, 0.3) is 0 Å². The number of rotatable bonds is 42. The first-order chi connectivity index (χ1) is 34.7. The van der Waals surface area contributed by atoms with E-state index in [9.17, 15) is 35.1 Å². The fraction of sp³-hybridized carbons (Fsp3) is 0.600. The second-order valence-corrected chi connectivity index (χ2v) is 18.0. The first kappa shape index (κ1) is 64.8. The van der Waals surface area contributed by atoms with Gasteiger partial charge in [-0.2, -0.15) is 0 Å². The first-order valence-electron chi connectivity index (χ1n) is 27.0. The zero-order valence-corrected chi connectivity index (χ0v) is 43.8. The summed E-state index contributed by atoms with van der Waals surface area (Å²) in [5.74, 6) is -1.32. The molecule has 11 nitrogen and oxygen atoms in total. The van der Waals surface area contributed by atoms with Crippen LogP contribution >= 0.6 is 0 Å². The molecule has 11 heteroatoms. The van der Waals surface area contributed by atoms with Gasteiger partial charge in [-0.3, -0.25) is 9.59 Å². The van der Waals surface area contributed by atoms with Crippen LogP contribution < -0.4 is 5.32 Å². The summed E-state index contributed by atoms with van der Waals surface area (Å²) in [6.45, 7) is 5.41. The minimum Gasteiger partial charge on any atom is -0.454 e. The molecular formula is C60H95NO10. The lowest BCUT2D eigenvalue weighted by molar-refractivity contribution is -0.305. The summed E-state index contributed by atoms with van der Waals surface area (Å²) in [4.78, 5) is 26.4. The molecule has 71 heavy (non-hydrogen) atoms. The molecule has 0 aromatic carbocycles. The van der Waals surface area contributed by atoms with E-state index in [0.717, 1.165) is 77.0 Å². The molecule has 8 atom stereocenters. The third-order valence-corrected chi connectivity index (χ3v) is 11.7. The minimum absolute atomic E-state index is 0.0311. The van der Waals surface area contributed by atoms with E-state index in [-0.39, 0.29) is 19.4 Å². The topological polar surface area (TPSA) is 175 Å². The van der Waals surface area contributed by atoms with Crippen LogP contribution in [0, 0.1) is 0 Å². The summed E-state index contributed by atoms with van der Waals surface area (Å²) in [7, 11) is 0. The average Bonchev–Trinajstić information content (AvgIpc) is 3.37. The van der Waals surface area contributed by atoms with Gasteiger partial charge in [0.25, 0.3) is 0 Å². The van der Waals surface area contributed by atoms with Gasteiger partial charge >= 0.3 is 5.97 Å². The van der Waals surface area contributed by atoms with Gasteiger partial charge in [0.1, 0.15) is 24.4 Å². The molecule has 1 rings (SSSR count). The molecule has 0 aliphatic carbocycles. The van der Waals surface area contributed by atoms with E-state index in [2.05, 4.69) is 80.8 Å². The number of amides is 1. The molecule has 400 valence electrons. The molecule has 0 spiro atoms. The number of aliphatic hydroxyl groups is 5. The quantitative estimate of drug-likeness (QED) is 0.0149. The number of aliphatic hydroxyl groups excluding tert-OH is 5. The van der Waals surface area contributed by atoms with Gasteiger partial charge in [0.15, 0.2) is 12.4 Å². The predicted octanol–water partition coefficient (Wildman–Crippen LogP) is 11.7. The molecule has 1 fully saturated rings. The highest BCUT2D eigenvalue weighted by Gasteiger charge is 2.47. The van der Waals surface area contributed by atoms with Crippen LogP contribution in [-0.4, -0.2) is 99.6 Å². The number of ether oxygens (including phenoxy) is 3. The standard InChI is InChI=1S/C60H95NO10/c1-4-7-10-13-16-19-22-24-26-27-28-30-33-36-39-42-45-48-55(65)71-58-57(67)56(66)54(49-62)70-60(58)69-50-51(52(63)46-43-40-37-34-31-21-18-15-12-9-6-3)61-59(68)53(64)47-44-41-38-35-32-29-25-23-20-17-14-11-8-5-2/h7-8,10-11,14,16-17,19-20,23-26,28-30,32,35-36,39,43,46,51-54,56-58,60,62-64,66-67H,4-6,9,12-13,15,18,21-22,27,31,33-34,37-38,40-42,44-45,47-50H2,1-3H3,(H,61,68)/b10-7-,11-8+,17-14+,19-16-,23-20-,26-24-,29-25-,30-28-,35-32+,39-36-,46-43+. The molecule has 1 aliphatic heterocycles. The van der Waals surface area contributed by atoms with E-state index >= 15 is 0 Å². The summed E-state index contributed by atoms with van der Waals surface area (Å²) in [6.07, 6.45) is 55.1. The minimum atomic E-state index is -1.65. The summed E-state index contributed by atoms with van der Waals surface area (Å²) in [5.41, 5.74) is 0. The maximum atomic E-state index is 13.3. The highest BCUT2D eigenvalue weighted by molar-refractivity contribution is 5.80. The van der Waals surface area contributed by atoms with E-state index in [1.165, 1.54) is 38.5 Å². The molecule has 0 saturated carbocycles. The van der Waals surface area contributed by atoms with Crippen molar-refractivity contribution in [2.24, 2.45) is 0 Å². The van der Waals surface area contributed by atoms with Crippen LogP contribution in [0.3, 0.4) is 0 Å².